The van der Waals surface area contributed by atoms with Crippen LogP contribution >= 0.6 is 11.3 Å². The molecule has 0 aliphatic rings. The summed E-state index contributed by atoms with van der Waals surface area (Å²) >= 11 is 1.36. The SMILES string of the molecule is CCOC(=O)c1sc2nc(-c3ccc(N(C)C)cc3)c(NCc3ccc(C)cc3)n2c1C. The van der Waals surface area contributed by atoms with E-state index in [1.54, 1.807) is 0 Å². The van der Waals surface area contributed by atoms with Crippen molar-refractivity contribution in [3.8, 4) is 11.3 Å². The van der Waals surface area contributed by atoms with Crippen LogP contribution in [0.5, 0.6) is 0 Å². The van der Waals surface area contributed by atoms with E-state index in [1.807, 2.05) is 32.3 Å². The van der Waals surface area contributed by atoms with Gasteiger partial charge >= 0.3 is 5.97 Å². The molecule has 2 heterocycles. The van der Waals surface area contributed by atoms with Crippen molar-refractivity contribution in [3.05, 3.63) is 70.2 Å². The van der Waals surface area contributed by atoms with Gasteiger partial charge in [-0.25, -0.2) is 9.78 Å². The smallest absolute Gasteiger partial charge is 0.350 e. The summed E-state index contributed by atoms with van der Waals surface area (Å²) in [5.41, 5.74) is 6.26. The number of aryl methyl sites for hydroxylation is 2. The first-order valence-electron chi connectivity index (χ1n) is 10.6. The first-order valence-corrected chi connectivity index (χ1v) is 11.5. The fourth-order valence-corrected chi connectivity index (χ4v) is 4.63. The van der Waals surface area contributed by atoms with Crippen molar-refractivity contribution in [1.82, 2.24) is 9.38 Å². The number of rotatable bonds is 7. The van der Waals surface area contributed by atoms with Crippen LogP contribution in [0.4, 0.5) is 11.5 Å². The van der Waals surface area contributed by atoms with E-state index in [1.165, 1.54) is 22.5 Å². The van der Waals surface area contributed by atoms with Crippen molar-refractivity contribution < 1.29 is 9.53 Å². The third-order valence-corrected chi connectivity index (χ3v) is 6.53. The third-order valence-electron chi connectivity index (χ3n) is 5.40. The fourth-order valence-electron chi connectivity index (χ4n) is 3.61. The minimum Gasteiger partial charge on any atom is -0.462 e. The van der Waals surface area contributed by atoms with Crippen LogP contribution in [0.15, 0.2) is 48.5 Å². The molecule has 2 aromatic carbocycles. The summed E-state index contributed by atoms with van der Waals surface area (Å²) in [4.78, 5) is 20.8. The Kier molecular flexibility index (Phi) is 6.19. The molecule has 7 heteroatoms. The predicted octanol–water partition coefficient (Wildman–Crippen LogP) is 5.53. The second-order valence-electron chi connectivity index (χ2n) is 7.94. The van der Waals surface area contributed by atoms with Crippen molar-refractivity contribution in [3.63, 3.8) is 0 Å². The zero-order valence-electron chi connectivity index (χ0n) is 19.1. The lowest BCUT2D eigenvalue weighted by Crippen LogP contribution is -2.08. The van der Waals surface area contributed by atoms with Gasteiger partial charge in [0.1, 0.15) is 16.4 Å². The standard InChI is InChI=1S/C25H28N4O2S/c1-6-31-24(30)22-17(3)29-23(26-15-18-9-7-16(2)8-10-18)21(27-25(29)32-22)19-11-13-20(14-12-19)28(4)5/h7-14,26H,6,15H2,1-5H3. The molecule has 6 nitrogen and oxygen atoms in total. The van der Waals surface area contributed by atoms with Gasteiger partial charge in [0.25, 0.3) is 0 Å². The number of nitrogens with one attached hydrogen (secondary N) is 1. The summed E-state index contributed by atoms with van der Waals surface area (Å²) in [6.45, 7) is 6.84. The van der Waals surface area contributed by atoms with E-state index < -0.39 is 0 Å². The highest BCUT2D eigenvalue weighted by Crippen LogP contribution is 2.35. The lowest BCUT2D eigenvalue weighted by molar-refractivity contribution is 0.0531. The quantitative estimate of drug-likeness (QED) is 0.377. The highest BCUT2D eigenvalue weighted by molar-refractivity contribution is 7.19. The summed E-state index contributed by atoms with van der Waals surface area (Å²) in [5.74, 6) is 0.573. The molecule has 32 heavy (non-hydrogen) atoms. The minimum atomic E-state index is -0.304. The van der Waals surface area contributed by atoms with E-state index in [0.29, 0.717) is 18.0 Å². The molecule has 0 spiro atoms. The normalized spacial score (nSPS) is 11.0. The summed E-state index contributed by atoms with van der Waals surface area (Å²) in [6, 6.07) is 16.8. The van der Waals surface area contributed by atoms with Crippen LogP contribution in [0, 0.1) is 13.8 Å². The minimum absolute atomic E-state index is 0.304. The van der Waals surface area contributed by atoms with Gasteiger partial charge in [0.05, 0.1) is 6.61 Å². The molecule has 0 amide bonds. The van der Waals surface area contributed by atoms with Crippen LogP contribution in [0.3, 0.4) is 0 Å². The Morgan fingerprint density at radius 2 is 1.78 bits per heavy atom. The molecule has 4 aromatic rings. The highest BCUT2D eigenvalue weighted by atomic mass is 32.1. The van der Waals surface area contributed by atoms with Gasteiger partial charge in [-0.2, -0.15) is 0 Å². The molecule has 0 radical (unpaired) electrons. The maximum absolute atomic E-state index is 12.4. The maximum atomic E-state index is 12.4. The Labute approximate surface area is 192 Å². The number of benzene rings is 2. The summed E-state index contributed by atoms with van der Waals surface area (Å²) in [7, 11) is 4.05. The Morgan fingerprint density at radius 1 is 1.09 bits per heavy atom. The number of fused-ring (bicyclic) bond motifs is 1. The summed E-state index contributed by atoms with van der Waals surface area (Å²) in [5, 5.41) is 3.58. The van der Waals surface area contributed by atoms with Crippen LogP contribution in [0.1, 0.15) is 33.4 Å². The zero-order valence-corrected chi connectivity index (χ0v) is 19.9. The molecular weight excluding hydrogens is 420 g/mol. The van der Waals surface area contributed by atoms with Gasteiger partial charge in [0, 0.05) is 37.6 Å². The number of aromatic nitrogens is 2. The number of ether oxygens (including phenoxy) is 1. The van der Waals surface area contributed by atoms with Gasteiger partial charge in [-0.15, -0.1) is 0 Å². The fraction of sp³-hybridized carbons (Fsp3) is 0.280. The van der Waals surface area contributed by atoms with E-state index in [-0.39, 0.29) is 5.97 Å². The zero-order chi connectivity index (χ0) is 22.8. The van der Waals surface area contributed by atoms with E-state index in [0.717, 1.165) is 33.4 Å². The number of imidazole rings is 1. The van der Waals surface area contributed by atoms with Gasteiger partial charge in [-0.05, 0) is 38.5 Å². The third kappa shape index (κ3) is 4.21. The van der Waals surface area contributed by atoms with E-state index in [4.69, 9.17) is 9.72 Å². The Bertz CT molecular complexity index is 1240. The predicted molar refractivity (Wildman–Crippen MR) is 132 cm³/mol. The molecular formula is C25H28N4O2S. The van der Waals surface area contributed by atoms with Crippen LogP contribution < -0.4 is 10.2 Å². The molecule has 0 bridgehead atoms. The van der Waals surface area contributed by atoms with Crippen molar-refractivity contribution in [2.75, 3.05) is 30.9 Å². The number of carbonyl (C=O) groups excluding carboxylic acids is 1. The van der Waals surface area contributed by atoms with Crippen molar-refractivity contribution in [2.24, 2.45) is 0 Å². The van der Waals surface area contributed by atoms with Crippen molar-refractivity contribution in [2.45, 2.75) is 27.3 Å². The summed E-state index contributed by atoms with van der Waals surface area (Å²) < 4.78 is 7.27. The number of hydrogen-bond acceptors (Lipinski definition) is 6. The van der Waals surface area contributed by atoms with E-state index >= 15 is 0 Å². The average molecular weight is 449 g/mol. The van der Waals surface area contributed by atoms with Gasteiger partial charge in [0.2, 0.25) is 0 Å². The van der Waals surface area contributed by atoms with E-state index in [9.17, 15) is 4.79 Å². The van der Waals surface area contributed by atoms with Gasteiger partial charge in [-0.3, -0.25) is 4.40 Å². The lowest BCUT2D eigenvalue weighted by Gasteiger charge is -2.13. The molecule has 0 unspecified atom stereocenters. The second kappa shape index (κ2) is 9.04. The second-order valence-corrected chi connectivity index (χ2v) is 8.92. The molecule has 2 aromatic heterocycles. The molecule has 0 saturated heterocycles. The van der Waals surface area contributed by atoms with E-state index in [2.05, 4.69) is 65.7 Å². The van der Waals surface area contributed by atoms with Crippen LogP contribution in [0.2, 0.25) is 0 Å². The van der Waals surface area contributed by atoms with Crippen molar-refractivity contribution >= 4 is 33.8 Å². The van der Waals surface area contributed by atoms with Gasteiger partial charge < -0.3 is 15.0 Å². The molecule has 0 saturated carbocycles. The van der Waals surface area contributed by atoms with Crippen LogP contribution in [-0.2, 0) is 11.3 Å². The van der Waals surface area contributed by atoms with Crippen LogP contribution in [-0.4, -0.2) is 36.1 Å². The average Bonchev–Trinajstić information content (AvgIpc) is 3.30. The molecule has 0 aliphatic heterocycles. The van der Waals surface area contributed by atoms with Crippen LogP contribution in [0.25, 0.3) is 16.2 Å². The first-order chi connectivity index (χ1) is 15.4. The maximum Gasteiger partial charge on any atom is 0.350 e. The highest BCUT2D eigenvalue weighted by Gasteiger charge is 2.23. The molecule has 0 aliphatic carbocycles. The molecule has 166 valence electrons. The van der Waals surface area contributed by atoms with Gasteiger partial charge in [0.15, 0.2) is 4.96 Å². The number of anilines is 2. The molecule has 4 rings (SSSR count). The number of nitrogens with zero attached hydrogens (tertiary/aromatic N) is 3. The van der Waals surface area contributed by atoms with Gasteiger partial charge in [-0.1, -0.05) is 53.3 Å². The largest absolute Gasteiger partial charge is 0.462 e. The summed E-state index contributed by atoms with van der Waals surface area (Å²) in [6.07, 6.45) is 0. The molecule has 0 atom stereocenters. The number of thiazole rings is 1. The molecule has 1 N–H and O–H groups in total. The van der Waals surface area contributed by atoms with Crippen molar-refractivity contribution in [1.29, 1.82) is 0 Å². The first kappa shape index (κ1) is 21.9. The number of esters is 1. The Morgan fingerprint density at radius 3 is 2.41 bits per heavy atom. The topological polar surface area (TPSA) is 58.9 Å². The monoisotopic (exact) mass is 448 g/mol. The Balaban J connectivity index is 1.78. The number of carbonyl (C=O) groups is 1. The number of hydrogen-bond donors (Lipinski definition) is 1. The Hall–Kier alpha value is -3.32. The molecule has 0 fully saturated rings. The lowest BCUT2D eigenvalue weighted by atomic mass is 10.1.